The fourth-order valence-electron chi connectivity index (χ4n) is 3.22. The Hall–Kier alpha value is -3.93. The molecule has 0 fully saturated rings. The van der Waals surface area contributed by atoms with Crippen LogP contribution in [-0.2, 0) is 4.79 Å². The molecule has 144 valence electrons. The highest BCUT2D eigenvalue weighted by Crippen LogP contribution is 2.29. The number of nitrogens with one attached hydrogen (secondary N) is 1. The summed E-state index contributed by atoms with van der Waals surface area (Å²) in [6.45, 7) is 1.94. The number of pyridine rings is 2. The molecule has 0 unspecified atom stereocenters. The molecule has 3 aromatic heterocycles. The van der Waals surface area contributed by atoms with E-state index < -0.39 is 11.7 Å². The lowest BCUT2D eigenvalue weighted by molar-refractivity contribution is -0.112. The van der Waals surface area contributed by atoms with Crippen molar-refractivity contribution in [1.29, 1.82) is 0 Å². The van der Waals surface area contributed by atoms with Crippen LogP contribution in [-0.4, -0.2) is 28.2 Å². The monoisotopic (exact) mass is 385 g/mol. The molecule has 1 N–H and O–H groups in total. The number of fused-ring (bicyclic) bond motifs is 1. The van der Waals surface area contributed by atoms with Gasteiger partial charge in [-0.05, 0) is 36.2 Å². The van der Waals surface area contributed by atoms with Gasteiger partial charge in [-0.15, -0.1) is 0 Å². The van der Waals surface area contributed by atoms with Gasteiger partial charge < -0.3 is 14.5 Å². The van der Waals surface area contributed by atoms with Crippen LogP contribution < -0.4 is 10.1 Å². The van der Waals surface area contributed by atoms with Crippen LogP contribution in [0, 0.1) is 6.92 Å². The van der Waals surface area contributed by atoms with E-state index in [0.29, 0.717) is 22.8 Å². The first-order chi connectivity index (χ1) is 14.1. The summed E-state index contributed by atoms with van der Waals surface area (Å²) in [5.74, 6) is -0.922. The molecule has 0 spiro atoms. The standard InChI is InChI=1S/C23H19N3O3/c1-15-8-10-18-12-19(16-6-4-3-5-7-16)21(26(18)14-15)22(27)23(28)25-17-9-11-20(29-2)24-13-17/h3-14H,1-2H3,(H,25,28). The number of anilines is 1. The maximum absolute atomic E-state index is 13.2. The van der Waals surface area contributed by atoms with Crippen molar-refractivity contribution < 1.29 is 14.3 Å². The second-order valence-electron chi connectivity index (χ2n) is 6.65. The zero-order chi connectivity index (χ0) is 20.4. The van der Waals surface area contributed by atoms with Crippen LogP contribution in [0.15, 0.2) is 73.1 Å². The quantitative estimate of drug-likeness (QED) is 0.414. The molecule has 0 radical (unpaired) electrons. The number of carbonyl (C=O) groups excluding carboxylic acids is 2. The Morgan fingerprint density at radius 1 is 1.03 bits per heavy atom. The number of ketones is 1. The number of hydrogen-bond acceptors (Lipinski definition) is 4. The van der Waals surface area contributed by atoms with E-state index in [1.165, 1.54) is 13.3 Å². The molecule has 4 rings (SSSR count). The van der Waals surface area contributed by atoms with Crippen LogP contribution in [0.4, 0.5) is 5.69 Å². The van der Waals surface area contributed by atoms with Gasteiger partial charge in [-0.2, -0.15) is 0 Å². The summed E-state index contributed by atoms with van der Waals surface area (Å²) < 4.78 is 6.78. The molecule has 0 aliphatic heterocycles. The van der Waals surface area contributed by atoms with Gasteiger partial charge >= 0.3 is 0 Å². The van der Waals surface area contributed by atoms with E-state index in [-0.39, 0.29) is 0 Å². The van der Waals surface area contributed by atoms with Crippen molar-refractivity contribution in [1.82, 2.24) is 9.38 Å². The molecule has 1 amide bonds. The Morgan fingerprint density at radius 2 is 1.83 bits per heavy atom. The highest BCUT2D eigenvalue weighted by atomic mass is 16.5. The van der Waals surface area contributed by atoms with E-state index in [2.05, 4.69) is 10.3 Å². The average Bonchev–Trinajstić information content (AvgIpc) is 3.13. The molecule has 6 nitrogen and oxygen atoms in total. The number of nitrogens with zero attached hydrogens (tertiary/aromatic N) is 2. The summed E-state index contributed by atoms with van der Waals surface area (Å²) in [5.41, 5.74) is 4.16. The predicted octanol–water partition coefficient (Wildman–Crippen LogP) is 4.14. The lowest BCUT2D eigenvalue weighted by Gasteiger charge is -2.08. The van der Waals surface area contributed by atoms with Gasteiger partial charge in [-0.3, -0.25) is 9.59 Å². The Bertz CT molecular complexity index is 1200. The Labute approximate surface area is 167 Å². The van der Waals surface area contributed by atoms with Crippen LogP contribution in [0.5, 0.6) is 5.88 Å². The Balaban J connectivity index is 1.75. The highest BCUT2D eigenvalue weighted by Gasteiger charge is 2.25. The third-order valence-corrected chi connectivity index (χ3v) is 4.63. The minimum atomic E-state index is -0.726. The molecule has 0 saturated heterocycles. The van der Waals surface area contributed by atoms with Gasteiger partial charge in [-0.1, -0.05) is 36.4 Å². The molecule has 0 saturated carbocycles. The van der Waals surface area contributed by atoms with Crippen molar-refractivity contribution in [3.63, 3.8) is 0 Å². The molecular weight excluding hydrogens is 366 g/mol. The zero-order valence-electron chi connectivity index (χ0n) is 16.0. The number of rotatable bonds is 5. The van der Waals surface area contributed by atoms with Gasteiger partial charge in [0, 0.05) is 23.3 Å². The van der Waals surface area contributed by atoms with Crippen molar-refractivity contribution in [2.24, 2.45) is 0 Å². The van der Waals surface area contributed by atoms with E-state index in [0.717, 1.165) is 16.6 Å². The molecule has 1 aromatic carbocycles. The summed E-state index contributed by atoms with van der Waals surface area (Å²) in [6.07, 6.45) is 3.31. The maximum Gasteiger partial charge on any atom is 0.298 e. The Morgan fingerprint density at radius 3 is 2.52 bits per heavy atom. The van der Waals surface area contributed by atoms with Crippen molar-refractivity contribution in [2.45, 2.75) is 6.92 Å². The molecule has 3 heterocycles. The van der Waals surface area contributed by atoms with Crippen molar-refractivity contribution in [3.05, 3.63) is 84.3 Å². The van der Waals surface area contributed by atoms with Crippen LogP contribution in [0.25, 0.3) is 16.6 Å². The number of amides is 1. The first-order valence-electron chi connectivity index (χ1n) is 9.09. The van der Waals surface area contributed by atoms with Crippen molar-refractivity contribution >= 4 is 22.9 Å². The topological polar surface area (TPSA) is 72.7 Å². The van der Waals surface area contributed by atoms with Gasteiger partial charge in [0.15, 0.2) is 0 Å². The first-order valence-corrected chi connectivity index (χ1v) is 9.09. The fraction of sp³-hybridized carbons (Fsp3) is 0.0870. The molecule has 29 heavy (non-hydrogen) atoms. The number of methoxy groups -OCH3 is 1. The van der Waals surface area contributed by atoms with E-state index >= 15 is 0 Å². The van der Waals surface area contributed by atoms with Crippen LogP contribution in [0.1, 0.15) is 16.1 Å². The maximum atomic E-state index is 13.2. The van der Waals surface area contributed by atoms with Gasteiger partial charge in [0.05, 0.1) is 19.0 Å². The van der Waals surface area contributed by atoms with E-state index in [1.54, 1.807) is 16.5 Å². The lowest BCUT2D eigenvalue weighted by Crippen LogP contribution is -2.24. The number of Topliss-reactive ketones (excluding diaryl/α,β-unsaturated/α-hetero) is 1. The summed E-state index contributed by atoms with van der Waals surface area (Å²) in [4.78, 5) is 30.0. The second kappa shape index (κ2) is 7.59. The van der Waals surface area contributed by atoms with E-state index in [4.69, 9.17) is 4.74 Å². The van der Waals surface area contributed by atoms with Gasteiger partial charge in [0.25, 0.3) is 11.7 Å². The molecule has 4 aromatic rings. The summed E-state index contributed by atoms with van der Waals surface area (Å²) in [5, 5.41) is 2.62. The summed E-state index contributed by atoms with van der Waals surface area (Å²) >= 11 is 0. The number of aromatic nitrogens is 2. The number of aryl methyl sites for hydroxylation is 1. The van der Waals surface area contributed by atoms with E-state index in [1.807, 2.05) is 61.7 Å². The molecule has 6 heteroatoms. The molecule has 0 aliphatic rings. The average molecular weight is 385 g/mol. The predicted molar refractivity (Wildman–Crippen MR) is 111 cm³/mol. The smallest absolute Gasteiger partial charge is 0.298 e. The van der Waals surface area contributed by atoms with Crippen molar-refractivity contribution in [3.8, 4) is 17.0 Å². The minimum Gasteiger partial charge on any atom is -0.481 e. The molecule has 0 bridgehead atoms. The number of hydrogen-bond donors (Lipinski definition) is 1. The lowest BCUT2D eigenvalue weighted by atomic mass is 10.0. The Kier molecular flexibility index (Phi) is 4.83. The van der Waals surface area contributed by atoms with Crippen LogP contribution >= 0.6 is 0 Å². The SMILES string of the molecule is COc1ccc(NC(=O)C(=O)c2c(-c3ccccc3)cc3ccc(C)cn23)cn1. The number of ether oxygens (including phenoxy) is 1. The summed E-state index contributed by atoms with van der Waals surface area (Å²) in [7, 11) is 1.51. The largest absolute Gasteiger partial charge is 0.481 e. The third-order valence-electron chi connectivity index (χ3n) is 4.63. The summed E-state index contributed by atoms with van der Waals surface area (Å²) in [6, 6.07) is 18.6. The molecule has 0 aliphatic carbocycles. The number of carbonyl (C=O) groups is 2. The normalized spacial score (nSPS) is 10.7. The van der Waals surface area contributed by atoms with E-state index in [9.17, 15) is 9.59 Å². The van der Waals surface area contributed by atoms with Gasteiger partial charge in [0.1, 0.15) is 5.69 Å². The number of benzene rings is 1. The van der Waals surface area contributed by atoms with Crippen LogP contribution in [0.2, 0.25) is 0 Å². The molecule has 0 atom stereocenters. The fourth-order valence-corrected chi connectivity index (χ4v) is 3.22. The molecular formula is C23H19N3O3. The van der Waals surface area contributed by atoms with Crippen molar-refractivity contribution in [2.75, 3.05) is 12.4 Å². The van der Waals surface area contributed by atoms with Crippen LogP contribution in [0.3, 0.4) is 0 Å². The third kappa shape index (κ3) is 3.60. The second-order valence-corrected chi connectivity index (χ2v) is 6.65. The van der Waals surface area contributed by atoms with Gasteiger partial charge in [-0.25, -0.2) is 4.98 Å². The zero-order valence-corrected chi connectivity index (χ0v) is 16.0. The minimum absolute atomic E-state index is 0.328. The van der Waals surface area contributed by atoms with Gasteiger partial charge in [0.2, 0.25) is 5.88 Å². The highest BCUT2D eigenvalue weighted by molar-refractivity contribution is 6.47. The first kappa shape index (κ1) is 18.4.